The Balaban J connectivity index is 1.86. The molecule has 0 heterocycles. The van der Waals surface area contributed by atoms with E-state index in [0.29, 0.717) is 5.03 Å². The monoisotopic (exact) mass is 312 g/mol. The maximum absolute atomic E-state index is 6.15. The molecule has 0 aliphatic carbocycles. The van der Waals surface area contributed by atoms with Crippen LogP contribution in [0.5, 0.6) is 0 Å². The molecule has 0 fully saturated rings. The van der Waals surface area contributed by atoms with Gasteiger partial charge in [-0.05, 0) is 42.2 Å². The third-order valence-corrected chi connectivity index (χ3v) is 3.88. The summed E-state index contributed by atoms with van der Waals surface area (Å²) in [6, 6.07) is 18.6. The van der Waals surface area contributed by atoms with Gasteiger partial charge in [0.05, 0.1) is 0 Å². The molecule has 0 saturated heterocycles. The lowest BCUT2D eigenvalue weighted by Crippen LogP contribution is -1.70. The smallest absolute Gasteiger partial charge is 0.0406 e. The Morgan fingerprint density at radius 2 is 1.71 bits per heavy atom. The Bertz CT molecular complexity index is 637. The van der Waals surface area contributed by atoms with Crippen LogP contribution in [-0.2, 0) is 0 Å². The van der Waals surface area contributed by atoms with Gasteiger partial charge in [0.2, 0.25) is 0 Å². The van der Waals surface area contributed by atoms with Crippen LogP contribution in [0.2, 0.25) is 0 Å². The van der Waals surface area contributed by atoms with E-state index in [1.165, 1.54) is 10.5 Å². The fraction of sp³-hybridized carbons (Fsp3) is 0.0526. The average molecular weight is 313 g/mol. The minimum atomic E-state index is 0.708. The van der Waals surface area contributed by atoms with Crippen molar-refractivity contribution in [3.63, 3.8) is 0 Å². The van der Waals surface area contributed by atoms with E-state index >= 15 is 0 Å². The Labute approximate surface area is 135 Å². The fourth-order valence-electron chi connectivity index (χ4n) is 1.66. The van der Waals surface area contributed by atoms with E-state index in [0.717, 1.165) is 5.56 Å². The number of thioether (sulfide) groups is 1. The topological polar surface area (TPSA) is 0 Å². The normalized spacial score (nSPS) is 12.4. The van der Waals surface area contributed by atoms with Crippen molar-refractivity contribution in [3.8, 4) is 0 Å². The zero-order valence-electron chi connectivity index (χ0n) is 11.9. The summed E-state index contributed by atoms with van der Waals surface area (Å²) in [5.74, 6) is 0. The number of halogens is 1. The lowest BCUT2D eigenvalue weighted by molar-refractivity contribution is 1.38. The van der Waals surface area contributed by atoms with Crippen LogP contribution in [0.1, 0.15) is 11.1 Å². The molecule has 0 unspecified atom stereocenters. The first kappa shape index (κ1) is 15.7. The third kappa shape index (κ3) is 6.07. The molecule has 0 nitrogen and oxygen atoms in total. The summed E-state index contributed by atoms with van der Waals surface area (Å²) in [6.07, 6.45) is 7.75. The Morgan fingerprint density at radius 3 is 2.43 bits per heavy atom. The largest absolute Gasteiger partial charge is 0.0981 e. The van der Waals surface area contributed by atoms with Gasteiger partial charge in [-0.15, -0.1) is 0 Å². The number of allylic oxidation sites excluding steroid dienone is 4. The zero-order valence-corrected chi connectivity index (χ0v) is 13.4. The first-order chi connectivity index (χ1) is 10.2. The van der Waals surface area contributed by atoms with Gasteiger partial charge in [0.15, 0.2) is 0 Å². The van der Waals surface area contributed by atoms with Crippen LogP contribution in [0.3, 0.4) is 0 Å². The summed E-state index contributed by atoms with van der Waals surface area (Å²) in [7, 11) is 0. The van der Waals surface area contributed by atoms with Gasteiger partial charge >= 0.3 is 0 Å². The van der Waals surface area contributed by atoms with Crippen molar-refractivity contribution in [3.05, 3.63) is 94.4 Å². The van der Waals surface area contributed by atoms with Crippen molar-refractivity contribution < 1.29 is 0 Å². The molecule has 2 heteroatoms. The van der Waals surface area contributed by atoms with Crippen molar-refractivity contribution in [1.82, 2.24) is 0 Å². The molecule has 0 spiro atoms. The molecular formula is C19H17ClS. The van der Waals surface area contributed by atoms with E-state index in [1.54, 1.807) is 11.8 Å². The maximum Gasteiger partial charge on any atom is 0.0406 e. The molecule has 0 aromatic heterocycles. The molecule has 0 bridgehead atoms. The second-order valence-electron chi connectivity index (χ2n) is 4.56. The van der Waals surface area contributed by atoms with Crippen molar-refractivity contribution in [2.24, 2.45) is 0 Å². The van der Waals surface area contributed by atoms with E-state index in [1.807, 2.05) is 60.0 Å². The molecule has 0 atom stereocenters. The van der Waals surface area contributed by atoms with Crippen LogP contribution in [0.15, 0.2) is 88.2 Å². The fourth-order valence-corrected chi connectivity index (χ4v) is 2.40. The molecule has 0 radical (unpaired) electrons. The van der Waals surface area contributed by atoms with Gasteiger partial charge in [-0.2, -0.15) is 0 Å². The van der Waals surface area contributed by atoms with E-state index in [9.17, 15) is 0 Å². The predicted octanol–water partition coefficient (Wildman–Crippen LogP) is 6.44. The second kappa shape index (κ2) is 8.56. The zero-order chi connectivity index (χ0) is 14.9. The molecule has 0 aliphatic heterocycles. The predicted molar refractivity (Wildman–Crippen MR) is 95.6 cm³/mol. The first-order valence-electron chi connectivity index (χ1n) is 6.73. The van der Waals surface area contributed by atoms with Crippen LogP contribution in [0.4, 0.5) is 0 Å². The lowest BCUT2D eigenvalue weighted by Gasteiger charge is -1.95. The Morgan fingerprint density at radius 1 is 1.00 bits per heavy atom. The highest BCUT2D eigenvalue weighted by atomic mass is 35.5. The maximum atomic E-state index is 6.15. The summed E-state index contributed by atoms with van der Waals surface area (Å²) in [6.45, 7) is 2.09. The Hall–Kier alpha value is -1.70. The van der Waals surface area contributed by atoms with Crippen molar-refractivity contribution >= 4 is 29.4 Å². The molecule has 0 N–H and O–H groups in total. The van der Waals surface area contributed by atoms with E-state index in [4.69, 9.17) is 11.6 Å². The SMILES string of the molecule is Cc1ccc(S/C=C/C=C(Cl)\C=C/c2ccccc2)cc1. The summed E-state index contributed by atoms with van der Waals surface area (Å²) in [4.78, 5) is 1.22. The number of hydrogen-bond donors (Lipinski definition) is 0. The van der Waals surface area contributed by atoms with Crippen LogP contribution in [-0.4, -0.2) is 0 Å². The molecular weight excluding hydrogens is 296 g/mol. The van der Waals surface area contributed by atoms with Crippen LogP contribution in [0, 0.1) is 6.92 Å². The molecule has 2 rings (SSSR count). The van der Waals surface area contributed by atoms with Crippen LogP contribution < -0.4 is 0 Å². The molecule has 106 valence electrons. The number of rotatable bonds is 5. The average Bonchev–Trinajstić information content (AvgIpc) is 2.52. The highest BCUT2D eigenvalue weighted by Crippen LogP contribution is 2.19. The number of benzene rings is 2. The summed E-state index contributed by atoms with van der Waals surface area (Å²) < 4.78 is 0. The molecule has 2 aromatic carbocycles. The Kier molecular flexibility index (Phi) is 6.39. The minimum absolute atomic E-state index is 0.708. The van der Waals surface area contributed by atoms with Crippen LogP contribution >= 0.6 is 23.4 Å². The van der Waals surface area contributed by atoms with Crippen LogP contribution in [0.25, 0.3) is 6.08 Å². The van der Waals surface area contributed by atoms with Gasteiger partial charge in [-0.1, -0.05) is 83.5 Å². The summed E-state index contributed by atoms with van der Waals surface area (Å²) >= 11 is 7.82. The molecule has 2 aromatic rings. The number of aryl methyl sites for hydroxylation is 1. The van der Waals surface area contributed by atoms with Gasteiger partial charge < -0.3 is 0 Å². The first-order valence-corrected chi connectivity index (χ1v) is 7.98. The molecule has 0 saturated carbocycles. The minimum Gasteiger partial charge on any atom is -0.0981 e. The third-order valence-electron chi connectivity index (χ3n) is 2.79. The van der Waals surface area contributed by atoms with Crippen molar-refractivity contribution in [1.29, 1.82) is 0 Å². The highest BCUT2D eigenvalue weighted by molar-refractivity contribution is 8.02. The van der Waals surface area contributed by atoms with E-state index < -0.39 is 0 Å². The quantitative estimate of drug-likeness (QED) is 0.452. The van der Waals surface area contributed by atoms with Gasteiger partial charge in [-0.3, -0.25) is 0 Å². The second-order valence-corrected chi connectivity index (χ2v) is 5.97. The molecule has 0 aliphatic rings. The van der Waals surface area contributed by atoms with Crippen molar-refractivity contribution in [2.75, 3.05) is 0 Å². The lowest BCUT2D eigenvalue weighted by atomic mass is 10.2. The van der Waals surface area contributed by atoms with Gasteiger partial charge in [0.25, 0.3) is 0 Å². The molecule has 21 heavy (non-hydrogen) atoms. The van der Waals surface area contributed by atoms with Gasteiger partial charge in [-0.25, -0.2) is 0 Å². The number of hydrogen-bond acceptors (Lipinski definition) is 1. The summed E-state index contributed by atoms with van der Waals surface area (Å²) in [5, 5.41) is 2.74. The van der Waals surface area contributed by atoms with Gasteiger partial charge in [0.1, 0.15) is 0 Å². The summed E-state index contributed by atoms with van der Waals surface area (Å²) in [5.41, 5.74) is 2.42. The van der Waals surface area contributed by atoms with E-state index in [-0.39, 0.29) is 0 Å². The molecule has 0 amide bonds. The highest BCUT2D eigenvalue weighted by Gasteiger charge is 1.89. The van der Waals surface area contributed by atoms with Crippen molar-refractivity contribution in [2.45, 2.75) is 11.8 Å². The van der Waals surface area contributed by atoms with Gasteiger partial charge in [0, 0.05) is 9.93 Å². The van der Waals surface area contributed by atoms with E-state index in [2.05, 4.69) is 31.2 Å². The standard InChI is InChI=1S/C19H17ClS/c1-16-9-13-19(14-10-16)21-15-5-8-18(20)12-11-17-6-3-2-4-7-17/h2-15H,1H3/b12-11-,15-5+,18-8+.